The second kappa shape index (κ2) is 5.70. The summed E-state index contributed by atoms with van der Waals surface area (Å²) in [4.78, 5) is 8.90. The van der Waals surface area contributed by atoms with Crippen LogP contribution in [0.2, 0.25) is 0 Å². The molecule has 0 saturated heterocycles. The molecule has 0 aromatic carbocycles. The fourth-order valence-electron chi connectivity index (χ4n) is 2.12. The predicted molar refractivity (Wildman–Crippen MR) is 80.3 cm³/mol. The number of aryl methyl sites for hydroxylation is 3. The number of pyridine rings is 2. The van der Waals surface area contributed by atoms with Gasteiger partial charge >= 0.3 is 0 Å². The van der Waals surface area contributed by atoms with E-state index in [1.807, 2.05) is 43.6 Å². The molecule has 0 aliphatic carbocycles. The first-order chi connectivity index (χ1) is 9.81. The molecule has 0 aliphatic rings. The minimum absolute atomic E-state index is 0.924. The maximum Gasteiger partial charge on any atom is 0.0886 e. The molecule has 0 N–H and O–H groups in total. The summed E-state index contributed by atoms with van der Waals surface area (Å²) < 4.78 is 2.18. The van der Waals surface area contributed by atoms with E-state index in [0.29, 0.717) is 0 Å². The Morgan fingerprint density at radius 2 is 1.60 bits per heavy atom. The summed E-state index contributed by atoms with van der Waals surface area (Å²) in [6.45, 7) is 3.02. The van der Waals surface area contributed by atoms with Gasteiger partial charge in [0.1, 0.15) is 0 Å². The Balaban J connectivity index is 1.69. The highest BCUT2D eigenvalue weighted by atomic mass is 14.9. The lowest BCUT2D eigenvalue weighted by atomic mass is 10.1. The third-order valence-corrected chi connectivity index (χ3v) is 3.32. The summed E-state index contributed by atoms with van der Waals surface area (Å²) >= 11 is 0. The summed E-state index contributed by atoms with van der Waals surface area (Å²) in [5.74, 6) is 0. The van der Waals surface area contributed by atoms with E-state index in [-0.39, 0.29) is 0 Å². The Labute approximate surface area is 118 Å². The van der Waals surface area contributed by atoms with Gasteiger partial charge in [-0.05, 0) is 48.7 Å². The second-order valence-corrected chi connectivity index (χ2v) is 4.94. The molecule has 3 heterocycles. The molecule has 0 radical (unpaired) electrons. The zero-order valence-electron chi connectivity index (χ0n) is 11.5. The number of rotatable bonds is 4. The van der Waals surface area contributed by atoms with Crippen LogP contribution in [0.15, 0.2) is 61.2 Å². The molecule has 0 saturated carbocycles. The second-order valence-electron chi connectivity index (χ2n) is 4.94. The van der Waals surface area contributed by atoms with Gasteiger partial charge in [0, 0.05) is 31.3 Å². The van der Waals surface area contributed by atoms with Gasteiger partial charge in [-0.1, -0.05) is 12.1 Å². The molecule has 3 heteroatoms. The van der Waals surface area contributed by atoms with Crippen molar-refractivity contribution in [3.05, 3.63) is 72.3 Å². The van der Waals surface area contributed by atoms with Gasteiger partial charge in [-0.3, -0.25) is 9.97 Å². The van der Waals surface area contributed by atoms with Crippen molar-refractivity contribution in [3.8, 4) is 11.4 Å². The average Bonchev–Trinajstić information content (AvgIpc) is 3.00. The van der Waals surface area contributed by atoms with E-state index in [2.05, 4.69) is 39.1 Å². The van der Waals surface area contributed by atoms with Gasteiger partial charge in [0.25, 0.3) is 0 Å². The van der Waals surface area contributed by atoms with Crippen molar-refractivity contribution in [1.29, 1.82) is 0 Å². The third-order valence-electron chi connectivity index (χ3n) is 3.32. The van der Waals surface area contributed by atoms with Crippen LogP contribution in [0.5, 0.6) is 0 Å². The molecule has 0 unspecified atom stereocenters. The minimum atomic E-state index is 0.924. The van der Waals surface area contributed by atoms with Crippen molar-refractivity contribution in [2.45, 2.75) is 19.9 Å². The van der Waals surface area contributed by atoms with Gasteiger partial charge in [-0.2, -0.15) is 0 Å². The highest BCUT2D eigenvalue weighted by Crippen LogP contribution is 2.15. The maximum absolute atomic E-state index is 4.51. The van der Waals surface area contributed by atoms with Crippen LogP contribution in [0, 0.1) is 6.92 Å². The van der Waals surface area contributed by atoms with Crippen LogP contribution in [0.3, 0.4) is 0 Å². The maximum atomic E-state index is 4.51. The van der Waals surface area contributed by atoms with E-state index in [0.717, 1.165) is 29.9 Å². The summed E-state index contributed by atoms with van der Waals surface area (Å²) in [5.41, 5.74) is 4.26. The van der Waals surface area contributed by atoms with Crippen LogP contribution in [0.1, 0.15) is 11.1 Å². The quantitative estimate of drug-likeness (QED) is 0.721. The van der Waals surface area contributed by atoms with Crippen molar-refractivity contribution >= 4 is 0 Å². The lowest BCUT2D eigenvalue weighted by Crippen LogP contribution is -1.99. The molecule has 3 aromatic rings. The fraction of sp³-hybridized carbons (Fsp3) is 0.176. The number of hydrogen-bond acceptors (Lipinski definition) is 2. The van der Waals surface area contributed by atoms with E-state index in [1.54, 1.807) is 0 Å². The van der Waals surface area contributed by atoms with Gasteiger partial charge in [-0.25, -0.2) is 0 Å². The molecule has 3 rings (SSSR count). The molecule has 20 heavy (non-hydrogen) atoms. The first kappa shape index (κ1) is 12.6. The predicted octanol–water partition coefficient (Wildman–Crippen LogP) is 3.50. The zero-order chi connectivity index (χ0) is 13.8. The molecule has 3 nitrogen and oxygen atoms in total. The third kappa shape index (κ3) is 2.94. The van der Waals surface area contributed by atoms with Crippen LogP contribution >= 0.6 is 0 Å². The average molecular weight is 263 g/mol. The molecule has 0 fully saturated rings. The molecule has 3 aromatic heterocycles. The van der Waals surface area contributed by atoms with E-state index >= 15 is 0 Å². The first-order valence-electron chi connectivity index (χ1n) is 6.80. The Morgan fingerprint density at radius 1 is 0.900 bits per heavy atom. The highest BCUT2D eigenvalue weighted by molar-refractivity contribution is 5.53. The lowest BCUT2D eigenvalue weighted by molar-refractivity contribution is 0.699. The molecule has 100 valence electrons. The van der Waals surface area contributed by atoms with Gasteiger partial charge in [0.15, 0.2) is 0 Å². The van der Waals surface area contributed by atoms with Gasteiger partial charge in [0.05, 0.1) is 11.4 Å². The first-order valence-corrected chi connectivity index (χ1v) is 6.80. The van der Waals surface area contributed by atoms with Crippen LogP contribution in [0.4, 0.5) is 0 Å². The van der Waals surface area contributed by atoms with Gasteiger partial charge < -0.3 is 4.57 Å². The standard InChI is InChI=1S/C17H17N3/c1-14-4-6-16(18-12-14)17-7-5-15(13-19-17)8-11-20-9-2-3-10-20/h2-7,9-10,12-13H,8,11H2,1H3. The molecular weight excluding hydrogens is 246 g/mol. The SMILES string of the molecule is Cc1ccc(-c2ccc(CCn3cccc3)cn2)nc1. The molecule has 0 bridgehead atoms. The molecule has 0 amide bonds. The monoisotopic (exact) mass is 263 g/mol. The highest BCUT2D eigenvalue weighted by Gasteiger charge is 2.01. The van der Waals surface area contributed by atoms with Crippen molar-refractivity contribution in [3.63, 3.8) is 0 Å². The normalized spacial score (nSPS) is 10.7. The van der Waals surface area contributed by atoms with Crippen LogP contribution < -0.4 is 0 Å². The number of hydrogen-bond donors (Lipinski definition) is 0. The summed E-state index contributed by atoms with van der Waals surface area (Å²) in [7, 11) is 0. The van der Waals surface area contributed by atoms with Crippen molar-refractivity contribution in [2.24, 2.45) is 0 Å². The van der Waals surface area contributed by atoms with Gasteiger partial charge in [0.2, 0.25) is 0 Å². The Hall–Kier alpha value is -2.42. The molecular formula is C17H17N3. The number of aromatic nitrogens is 3. The Bertz CT molecular complexity index is 652. The summed E-state index contributed by atoms with van der Waals surface area (Å²) in [6, 6.07) is 12.3. The Morgan fingerprint density at radius 3 is 2.20 bits per heavy atom. The lowest BCUT2D eigenvalue weighted by Gasteiger charge is -2.05. The molecule has 0 atom stereocenters. The number of nitrogens with zero attached hydrogens (tertiary/aromatic N) is 3. The van der Waals surface area contributed by atoms with Crippen LogP contribution in [-0.2, 0) is 13.0 Å². The fourth-order valence-corrected chi connectivity index (χ4v) is 2.12. The van der Waals surface area contributed by atoms with Gasteiger partial charge in [-0.15, -0.1) is 0 Å². The smallest absolute Gasteiger partial charge is 0.0886 e. The van der Waals surface area contributed by atoms with E-state index in [4.69, 9.17) is 0 Å². The Kier molecular flexibility index (Phi) is 3.59. The van der Waals surface area contributed by atoms with Crippen molar-refractivity contribution < 1.29 is 0 Å². The van der Waals surface area contributed by atoms with E-state index < -0.39 is 0 Å². The summed E-state index contributed by atoms with van der Waals surface area (Å²) in [6.07, 6.45) is 8.97. The van der Waals surface area contributed by atoms with E-state index in [9.17, 15) is 0 Å². The molecule has 0 spiro atoms. The van der Waals surface area contributed by atoms with Crippen molar-refractivity contribution in [1.82, 2.24) is 14.5 Å². The molecule has 0 aliphatic heterocycles. The van der Waals surface area contributed by atoms with Crippen LogP contribution in [0.25, 0.3) is 11.4 Å². The summed E-state index contributed by atoms with van der Waals surface area (Å²) in [5, 5.41) is 0. The van der Waals surface area contributed by atoms with E-state index in [1.165, 1.54) is 5.56 Å². The minimum Gasteiger partial charge on any atom is -0.354 e. The zero-order valence-corrected chi connectivity index (χ0v) is 11.5. The largest absolute Gasteiger partial charge is 0.354 e. The topological polar surface area (TPSA) is 30.7 Å². The van der Waals surface area contributed by atoms with Crippen molar-refractivity contribution in [2.75, 3.05) is 0 Å². The van der Waals surface area contributed by atoms with Crippen LogP contribution in [-0.4, -0.2) is 14.5 Å².